The van der Waals surface area contributed by atoms with Gasteiger partial charge in [-0.1, -0.05) is 188 Å². The third-order valence-electron chi connectivity index (χ3n) is 17.0. The smallest absolute Gasteiger partial charge is 0.252 e. The lowest BCUT2D eigenvalue weighted by molar-refractivity contribution is 0.590. The summed E-state index contributed by atoms with van der Waals surface area (Å²) >= 11 is 1.95. The molecule has 0 spiro atoms. The van der Waals surface area contributed by atoms with Crippen LogP contribution in [0.2, 0.25) is 0 Å². The van der Waals surface area contributed by atoms with E-state index in [1.807, 2.05) is 11.3 Å². The largest absolute Gasteiger partial charge is 0.311 e. The van der Waals surface area contributed by atoms with Gasteiger partial charge < -0.3 is 14.4 Å². The molecule has 0 saturated carbocycles. The summed E-state index contributed by atoms with van der Waals surface area (Å²) in [6.07, 6.45) is 0. The Hall–Kier alpha value is -6.82. The van der Waals surface area contributed by atoms with Gasteiger partial charge in [-0.2, -0.15) is 0 Å². The fourth-order valence-corrected chi connectivity index (χ4v) is 13.7. The molecule has 10 aromatic rings. The number of benzene rings is 8. The van der Waals surface area contributed by atoms with Crippen molar-refractivity contribution in [2.24, 2.45) is 0 Å². The van der Waals surface area contributed by atoms with Gasteiger partial charge in [-0.3, -0.25) is 0 Å². The van der Waals surface area contributed by atoms with Gasteiger partial charge in [-0.05, 0) is 144 Å². The molecule has 0 amide bonds. The number of fused-ring (bicyclic) bond motifs is 10. The van der Waals surface area contributed by atoms with E-state index >= 15 is 0 Å². The lowest BCUT2D eigenvalue weighted by Gasteiger charge is -2.43. The normalized spacial score (nSPS) is 14.7. The molecule has 5 heteroatoms. The van der Waals surface area contributed by atoms with Crippen LogP contribution in [0.15, 0.2) is 158 Å². The van der Waals surface area contributed by atoms with E-state index in [9.17, 15) is 0 Å². The molecule has 8 aromatic carbocycles. The molecule has 0 aliphatic carbocycles. The zero-order valence-corrected chi connectivity index (χ0v) is 46.7. The van der Waals surface area contributed by atoms with E-state index in [0.29, 0.717) is 0 Å². The van der Waals surface area contributed by atoms with Crippen LogP contribution in [0.1, 0.15) is 130 Å². The molecule has 3 nitrogen and oxygen atoms in total. The van der Waals surface area contributed by atoms with Gasteiger partial charge in [-0.15, -0.1) is 11.3 Å². The highest BCUT2D eigenvalue weighted by Gasteiger charge is 2.45. The van der Waals surface area contributed by atoms with E-state index in [0.717, 1.165) is 17.1 Å². The Labute approximate surface area is 443 Å². The summed E-state index contributed by atoms with van der Waals surface area (Å²) in [5.74, 6) is 0. The number of anilines is 6. The minimum atomic E-state index is -0.249. The van der Waals surface area contributed by atoms with Crippen molar-refractivity contribution in [2.75, 3.05) is 9.80 Å². The third kappa shape index (κ3) is 6.98. The van der Waals surface area contributed by atoms with Crippen molar-refractivity contribution in [3.8, 4) is 16.8 Å². The molecule has 74 heavy (non-hydrogen) atoms. The van der Waals surface area contributed by atoms with Crippen LogP contribution in [0.5, 0.6) is 0 Å². The van der Waals surface area contributed by atoms with Crippen molar-refractivity contribution in [3.63, 3.8) is 0 Å². The van der Waals surface area contributed by atoms with Crippen molar-refractivity contribution in [2.45, 2.75) is 124 Å². The molecule has 0 N–H and O–H groups in total. The molecule has 0 fully saturated rings. The van der Waals surface area contributed by atoms with Crippen LogP contribution in [0, 0.1) is 0 Å². The minimum absolute atomic E-state index is 0.0146. The predicted molar refractivity (Wildman–Crippen MR) is 323 cm³/mol. The molecule has 0 atom stereocenters. The van der Waals surface area contributed by atoms with Crippen LogP contribution in [0.4, 0.5) is 34.1 Å². The fraction of sp³-hybridized carbons (Fsp3) is 0.275. The summed E-state index contributed by atoms with van der Waals surface area (Å²) in [6, 6.07) is 62.4. The lowest BCUT2D eigenvalue weighted by Crippen LogP contribution is -2.60. The first-order valence-electron chi connectivity index (χ1n) is 26.9. The van der Waals surface area contributed by atoms with E-state index in [-0.39, 0.29) is 33.8 Å². The Morgan fingerprint density at radius 3 is 1.65 bits per heavy atom. The van der Waals surface area contributed by atoms with Gasteiger partial charge in [-0.25, -0.2) is 0 Å². The second kappa shape index (κ2) is 15.6. The number of hydrogen-bond acceptors (Lipinski definition) is 3. The minimum Gasteiger partial charge on any atom is -0.311 e. The lowest BCUT2D eigenvalue weighted by atomic mass is 9.33. The van der Waals surface area contributed by atoms with Gasteiger partial charge in [0.1, 0.15) is 0 Å². The number of nitrogens with zero attached hydrogens (tertiary/aromatic N) is 3. The van der Waals surface area contributed by atoms with Gasteiger partial charge in [0.15, 0.2) is 0 Å². The molecule has 0 radical (unpaired) electrons. The molecule has 2 aromatic heterocycles. The Morgan fingerprint density at radius 2 is 1.03 bits per heavy atom. The summed E-state index contributed by atoms with van der Waals surface area (Å²) in [6.45, 7) is 32.8. The Bertz CT molecular complexity index is 3890. The fourth-order valence-electron chi connectivity index (χ4n) is 12.5. The second-order valence-corrected chi connectivity index (χ2v) is 27.4. The highest BCUT2D eigenvalue weighted by Crippen LogP contribution is 2.52. The molecular weight excluding hydrogens is 914 g/mol. The van der Waals surface area contributed by atoms with Crippen LogP contribution in [0.25, 0.3) is 48.0 Å². The van der Waals surface area contributed by atoms with E-state index in [1.54, 1.807) is 0 Å². The summed E-state index contributed by atoms with van der Waals surface area (Å²) < 4.78 is 5.38. The zero-order valence-electron chi connectivity index (χ0n) is 45.8. The van der Waals surface area contributed by atoms with Crippen LogP contribution in [-0.4, -0.2) is 11.3 Å². The first-order chi connectivity index (χ1) is 35.0. The summed E-state index contributed by atoms with van der Waals surface area (Å²) in [5.41, 5.74) is 25.1. The highest BCUT2D eigenvalue weighted by molar-refractivity contribution is 7.26. The van der Waals surface area contributed by atoms with Crippen molar-refractivity contribution >= 4 is 99.8 Å². The molecule has 0 saturated heterocycles. The van der Waals surface area contributed by atoms with E-state index in [2.05, 4.69) is 269 Å². The van der Waals surface area contributed by atoms with Gasteiger partial charge in [0, 0.05) is 54.9 Å². The molecule has 4 bridgehead atoms. The molecule has 6 heterocycles. The zero-order chi connectivity index (χ0) is 51.8. The van der Waals surface area contributed by atoms with Crippen molar-refractivity contribution in [1.29, 1.82) is 0 Å². The average molecular weight is 982 g/mol. The third-order valence-corrected chi connectivity index (χ3v) is 18.2. The maximum atomic E-state index is 2.70. The maximum Gasteiger partial charge on any atom is 0.252 e. The number of aromatic nitrogens is 1. The average Bonchev–Trinajstić information content (AvgIpc) is 3.93. The SMILES string of the molecule is CC(C)(C)c1ccc(N(c2ccc(C(C)(C)C)cc2)c2cc3c4c(c2)-n2c5c(cc(C(C)(C)C)cc5c5sc6ccccc6c52)B4c2ccc4cc2N3c2ccc(C(C)(C)C)cc2-c2ccc(cc2)C4(C)C)cc1. The predicted octanol–water partition coefficient (Wildman–Crippen LogP) is 17.6. The van der Waals surface area contributed by atoms with Gasteiger partial charge in [0.05, 0.1) is 27.1 Å². The summed E-state index contributed by atoms with van der Waals surface area (Å²) in [4.78, 5) is 5.20. The number of hydrogen-bond donors (Lipinski definition) is 0. The first-order valence-corrected chi connectivity index (χ1v) is 27.7. The van der Waals surface area contributed by atoms with Gasteiger partial charge >= 0.3 is 0 Å². The number of rotatable bonds is 3. The molecule has 14 rings (SSSR count). The van der Waals surface area contributed by atoms with E-state index in [4.69, 9.17) is 0 Å². The summed E-state index contributed by atoms with van der Waals surface area (Å²) in [5, 5.41) is 2.65. The van der Waals surface area contributed by atoms with Crippen LogP contribution >= 0.6 is 11.3 Å². The van der Waals surface area contributed by atoms with Crippen molar-refractivity contribution < 1.29 is 0 Å². The standard InChI is InChI=1S/C69H68BN3S/c1-65(2,3)42-23-29-48(30-24-42)71(49-31-25-43(26-32-49)66(4,5)6)50-39-58-61-59(40-50)73-62-53(64-63(73)51-17-15-16-18-60(51)74-64)36-47(68(10,11)12)37-55(62)70(61)54-33-27-46-38-57(54)72(58)56-34-28-45(67(7,8)9)35-52(56)41-19-21-44(22-20-41)69(46,13)14/h15-40H,1-14H3. The van der Waals surface area contributed by atoms with Crippen LogP contribution in [0.3, 0.4) is 0 Å². The summed E-state index contributed by atoms with van der Waals surface area (Å²) in [7, 11) is 0. The van der Waals surface area contributed by atoms with Gasteiger partial charge in [0.2, 0.25) is 0 Å². The Morgan fingerprint density at radius 1 is 0.446 bits per heavy atom. The van der Waals surface area contributed by atoms with Crippen LogP contribution in [-0.2, 0) is 27.1 Å². The van der Waals surface area contributed by atoms with Crippen molar-refractivity contribution in [3.05, 3.63) is 191 Å². The highest BCUT2D eigenvalue weighted by atomic mass is 32.1. The molecular formula is C69H68BN3S. The Kier molecular flexibility index (Phi) is 9.91. The monoisotopic (exact) mass is 982 g/mol. The maximum absolute atomic E-state index is 2.70. The molecule has 4 aliphatic rings. The Balaban J connectivity index is 1.22. The molecule has 4 aliphatic heterocycles. The first kappa shape index (κ1) is 46.9. The van der Waals surface area contributed by atoms with E-state index < -0.39 is 0 Å². The quantitative estimate of drug-likeness (QED) is 0.163. The van der Waals surface area contributed by atoms with Crippen LogP contribution < -0.4 is 26.2 Å². The second-order valence-electron chi connectivity index (χ2n) is 26.4. The molecule has 368 valence electrons. The van der Waals surface area contributed by atoms with Crippen molar-refractivity contribution in [1.82, 2.24) is 4.57 Å². The van der Waals surface area contributed by atoms with E-state index in [1.165, 1.54) is 115 Å². The van der Waals surface area contributed by atoms with Gasteiger partial charge in [0.25, 0.3) is 6.71 Å². The number of thiophene rings is 1. The molecule has 0 unspecified atom stereocenters. The topological polar surface area (TPSA) is 11.4 Å².